The number of rotatable bonds is 2. The SMILES string of the molecule is CC(C)c1nnc2n1[C@@H](C)CN(C(=O)c1ccc(F)c(O)c1)C2. The highest BCUT2D eigenvalue weighted by molar-refractivity contribution is 5.94. The predicted molar refractivity (Wildman–Crippen MR) is 81.6 cm³/mol. The van der Waals surface area contributed by atoms with Crippen LogP contribution >= 0.6 is 0 Å². The van der Waals surface area contributed by atoms with E-state index in [1.807, 2.05) is 6.92 Å². The van der Waals surface area contributed by atoms with Gasteiger partial charge in [-0.15, -0.1) is 10.2 Å². The molecule has 3 rings (SSSR count). The van der Waals surface area contributed by atoms with E-state index in [1.54, 1.807) is 4.90 Å². The van der Waals surface area contributed by atoms with Gasteiger partial charge in [0.05, 0.1) is 12.6 Å². The Labute approximate surface area is 133 Å². The molecule has 23 heavy (non-hydrogen) atoms. The highest BCUT2D eigenvalue weighted by Gasteiger charge is 2.30. The maximum atomic E-state index is 13.1. The number of hydrogen-bond acceptors (Lipinski definition) is 4. The molecular weight excluding hydrogens is 299 g/mol. The Morgan fingerprint density at radius 1 is 1.39 bits per heavy atom. The lowest BCUT2D eigenvalue weighted by Crippen LogP contribution is -2.40. The highest BCUT2D eigenvalue weighted by Crippen LogP contribution is 2.27. The Kier molecular flexibility index (Phi) is 3.79. The molecule has 1 atom stereocenters. The minimum atomic E-state index is -0.741. The molecule has 2 heterocycles. The number of benzene rings is 1. The van der Waals surface area contributed by atoms with Crippen LogP contribution in [0.15, 0.2) is 18.2 Å². The Balaban J connectivity index is 1.88. The molecule has 1 aromatic carbocycles. The Hall–Kier alpha value is -2.44. The van der Waals surface area contributed by atoms with Gasteiger partial charge >= 0.3 is 0 Å². The van der Waals surface area contributed by atoms with E-state index in [1.165, 1.54) is 6.07 Å². The standard InChI is InChI=1S/C16H19FN4O2/c1-9(2)15-19-18-14-8-20(7-10(3)21(14)15)16(23)11-4-5-12(17)13(22)6-11/h4-6,9-10,22H,7-8H2,1-3H3/t10-/m0/s1. The third-order valence-electron chi connectivity index (χ3n) is 4.05. The maximum absolute atomic E-state index is 13.1. The van der Waals surface area contributed by atoms with E-state index < -0.39 is 11.6 Å². The van der Waals surface area contributed by atoms with Gasteiger partial charge in [-0.3, -0.25) is 4.79 Å². The number of carbonyl (C=O) groups excluding carboxylic acids is 1. The number of aromatic nitrogens is 3. The van der Waals surface area contributed by atoms with Crippen molar-refractivity contribution in [2.24, 2.45) is 0 Å². The molecular formula is C16H19FN4O2. The van der Waals surface area contributed by atoms with Gasteiger partial charge < -0.3 is 14.6 Å². The van der Waals surface area contributed by atoms with Crippen molar-refractivity contribution in [2.45, 2.75) is 39.3 Å². The van der Waals surface area contributed by atoms with E-state index in [-0.39, 0.29) is 23.4 Å². The zero-order chi connectivity index (χ0) is 16.7. The summed E-state index contributed by atoms with van der Waals surface area (Å²) in [6, 6.07) is 3.68. The van der Waals surface area contributed by atoms with E-state index in [0.29, 0.717) is 13.1 Å². The number of phenols is 1. The van der Waals surface area contributed by atoms with Gasteiger partial charge in [0.1, 0.15) is 5.82 Å². The van der Waals surface area contributed by atoms with E-state index in [9.17, 15) is 14.3 Å². The van der Waals surface area contributed by atoms with Gasteiger partial charge in [0.2, 0.25) is 0 Å². The quantitative estimate of drug-likeness (QED) is 0.923. The molecule has 0 spiro atoms. The number of fused-ring (bicyclic) bond motifs is 1. The number of halogens is 1. The average Bonchev–Trinajstić information content (AvgIpc) is 2.94. The molecule has 122 valence electrons. The smallest absolute Gasteiger partial charge is 0.254 e. The molecule has 0 radical (unpaired) electrons. The van der Waals surface area contributed by atoms with Crippen LogP contribution in [0.25, 0.3) is 0 Å². The van der Waals surface area contributed by atoms with Crippen molar-refractivity contribution in [3.05, 3.63) is 41.2 Å². The summed E-state index contributed by atoms with van der Waals surface area (Å²) < 4.78 is 15.2. The van der Waals surface area contributed by atoms with Gasteiger partial charge in [-0.1, -0.05) is 13.8 Å². The van der Waals surface area contributed by atoms with Gasteiger partial charge in [-0.25, -0.2) is 4.39 Å². The van der Waals surface area contributed by atoms with Crippen molar-refractivity contribution in [1.29, 1.82) is 0 Å². The Morgan fingerprint density at radius 2 is 2.13 bits per heavy atom. The molecule has 1 amide bonds. The maximum Gasteiger partial charge on any atom is 0.254 e. The second-order valence-electron chi connectivity index (χ2n) is 6.20. The summed E-state index contributed by atoms with van der Waals surface area (Å²) in [5, 5.41) is 17.9. The van der Waals surface area contributed by atoms with Crippen LogP contribution < -0.4 is 0 Å². The van der Waals surface area contributed by atoms with Gasteiger partial charge in [0.15, 0.2) is 17.4 Å². The fraction of sp³-hybridized carbons (Fsp3) is 0.438. The van der Waals surface area contributed by atoms with Crippen LogP contribution in [0.4, 0.5) is 4.39 Å². The van der Waals surface area contributed by atoms with E-state index in [0.717, 1.165) is 23.8 Å². The first-order valence-corrected chi connectivity index (χ1v) is 7.60. The largest absolute Gasteiger partial charge is 0.505 e. The minimum absolute atomic E-state index is 0.0594. The molecule has 1 aromatic heterocycles. The van der Waals surface area contributed by atoms with Crippen LogP contribution in [0.5, 0.6) is 5.75 Å². The summed E-state index contributed by atoms with van der Waals surface area (Å²) in [5.74, 6) is 0.398. The molecule has 1 aliphatic rings. The van der Waals surface area contributed by atoms with E-state index in [2.05, 4.69) is 28.6 Å². The first-order chi connectivity index (χ1) is 10.9. The molecule has 7 heteroatoms. The van der Waals surface area contributed by atoms with Crippen LogP contribution in [0.2, 0.25) is 0 Å². The van der Waals surface area contributed by atoms with Crippen molar-refractivity contribution in [3.63, 3.8) is 0 Å². The van der Waals surface area contributed by atoms with Crippen LogP contribution in [0.3, 0.4) is 0 Å². The first kappa shape index (κ1) is 15.5. The van der Waals surface area contributed by atoms with E-state index in [4.69, 9.17) is 0 Å². The normalized spacial score (nSPS) is 17.4. The number of hydrogen-bond donors (Lipinski definition) is 1. The monoisotopic (exact) mass is 318 g/mol. The lowest BCUT2D eigenvalue weighted by molar-refractivity contribution is 0.0679. The third-order valence-corrected chi connectivity index (χ3v) is 4.05. The number of carbonyl (C=O) groups is 1. The van der Waals surface area contributed by atoms with Crippen molar-refractivity contribution in [2.75, 3.05) is 6.54 Å². The summed E-state index contributed by atoms with van der Waals surface area (Å²) in [7, 11) is 0. The molecule has 0 fully saturated rings. The molecule has 6 nitrogen and oxygen atoms in total. The van der Waals surface area contributed by atoms with Gasteiger partial charge in [-0.2, -0.15) is 0 Å². The van der Waals surface area contributed by atoms with Gasteiger partial charge in [-0.05, 0) is 25.1 Å². The lowest BCUT2D eigenvalue weighted by atomic mass is 10.1. The second kappa shape index (κ2) is 5.64. The first-order valence-electron chi connectivity index (χ1n) is 7.60. The number of amides is 1. The molecule has 0 bridgehead atoms. The van der Waals surface area contributed by atoms with Crippen LogP contribution in [0.1, 0.15) is 54.7 Å². The molecule has 0 aliphatic carbocycles. The predicted octanol–water partition coefficient (Wildman–Crippen LogP) is 2.46. The van der Waals surface area contributed by atoms with Gasteiger partial charge in [0.25, 0.3) is 5.91 Å². The molecule has 1 aliphatic heterocycles. The van der Waals surface area contributed by atoms with Gasteiger partial charge in [0, 0.05) is 18.0 Å². The topological polar surface area (TPSA) is 71.2 Å². The Bertz CT molecular complexity index is 757. The van der Waals surface area contributed by atoms with Crippen molar-refractivity contribution < 1.29 is 14.3 Å². The molecule has 2 aromatic rings. The molecule has 0 saturated carbocycles. The summed E-state index contributed by atoms with van der Waals surface area (Å²) in [6.07, 6.45) is 0. The van der Waals surface area contributed by atoms with E-state index >= 15 is 0 Å². The Morgan fingerprint density at radius 3 is 2.78 bits per heavy atom. The number of aromatic hydroxyl groups is 1. The second-order valence-corrected chi connectivity index (χ2v) is 6.20. The molecule has 0 saturated heterocycles. The average molecular weight is 318 g/mol. The molecule has 0 unspecified atom stereocenters. The highest BCUT2D eigenvalue weighted by atomic mass is 19.1. The lowest BCUT2D eigenvalue weighted by Gasteiger charge is -2.33. The van der Waals surface area contributed by atoms with Crippen LogP contribution in [-0.4, -0.2) is 37.2 Å². The zero-order valence-corrected chi connectivity index (χ0v) is 13.3. The third kappa shape index (κ3) is 2.67. The molecule has 1 N–H and O–H groups in total. The minimum Gasteiger partial charge on any atom is -0.505 e. The van der Waals surface area contributed by atoms with Crippen molar-refractivity contribution in [3.8, 4) is 5.75 Å². The zero-order valence-electron chi connectivity index (χ0n) is 13.3. The number of phenolic OH excluding ortho intramolecular Hbond substituents is 1. The summed E-state index contributed by atoms with van der Waals surface area (Å²) >= 11 is 0. The fourth-order valence-electron chi connectivity index (χ4n) is 2.94. The summed E-state index contributed by atoms with van der Waals surface area (Å²) in [4.78, 5) is 14.2. The van der Waals surface area contributed by atoms with Crippen LogP contribution in [0, 0.1) is 5.82 Å². The van der Waals surface area contributed by atoms with Crippen molar-refractivity contribution in [1.82, 2.24) is 19.7 Å². The van der Waals surface area contributed by atoms with Crippen molar-refractivity contribution >= 4 is 5.91 Å². The summed E-state index contributed by atoms with van der Waals surface area (Å²) in [5.41, 5.74) is 0.258. The number of nitrogens with zero attached hydrogens (tertiary/aromatic N) is 4. The fourth-order valence-corrected chi connectivity index (χ4v) is 2.94. The summed E-state index contributed by atoms with van der Waals surface area (Å²) in [6.45, 7) is 6.99. The van der Waals surface area contributed by atoms with Crippen LogP contribution in [-0.2, 0) is 6.54 Å².